The maximum atomic E-state index is 9.69. The molecule has 0 aliphatic carbocycles. The Bertz CT molecular complexity index is 58.6. The Balaban J connectivity index is 0. The van der Waals surface area contributed by atoms with E-state index in [1.165, 1.54) is 13.0 Å². The van der Waals surface area contributed by atoms with Crippen molar-refractivity contribution in [3.63, 3.8) is 0 Å². The molecule has 1 nitrogen and oxygen atoms in total. The number of allylic oxidation sites excluding steroid dienone is 1. The second kappa shape index (κ2) is 5.03. The predicted molar refractivity (Wildman–Crippen MR) is 20.9 cm³/mol. The van der Waals surface area contributed by atoms with Gasteiger partial charge in [0.1, 0.15) is 0 Å². The van der Waals surface area contributed by atoms with Crippen molar-refractivity contribution in [1.29, 1.82) is 0 Å². The molecule has 30 valence electrons. The summed E-state index contributed by atoms with van der Waals surface area (Å²) in [6, 6.07) is 0. The Morgan fingerprint density at radius 1 is 1.83 bits per heavy atom. The van der Waals surface area contributed by atoms with Crippen LogP contribution in [0.1, 0.15) is 6.92 Å². The van der Waals surface area contributed by atoms with Crippen molar-refractivity contribution >= 4 is 5.78 Å². The molecule has 0 saturated carbocycles. The van der Waals surface area contributed by atoms with Crippen molar-refractivity contribution in [2.75, 3.05) is 0 Å². The van der Waals surface area contributed by atoms with Crippen LogP contribution < -0.4 is 0 Å². The molecule has 0 radical (unpaired) electrons. The molecule has 0 atom stereocenters. The Morgan fingerprint density at radius 3 is 2.00 bits per heavy atom. The number of hydrogen-bond donors (Lipinski definition) is 0. The summed E-state index contributed by atoms with van der Waals surface area (Å²) in [5.74, 6) is 0.0185. The first-order valence-corrected chi connectivity index (χ1v) is 1.40. The van der Waals surface area contributed by atoms with Gasteiger partial charge in [-0.05, 0) is 13.0 Å². The number of rotatable bonds is 1. The zero-order valence-corrected chi connectivity index (χ0v) is 6.87. The van der Waals surface area contributed by atoms with Gasteiger partial charge in [0.2, 0.25) is 0 Å². The Labute approximate surface area is 50.2 Å². The van der Waals surface area contributed by atoms with Crippen LogP contribution in [-0.2, 0) is 24.3 Å². The van der Waals surface area contributed by atoms with Gasteiger partial charge in [0.25, 0.3) is 0 Å². The third-order valence-electron chi connectivity index (χ3n) is 0.287. The van der Waals surface area contributed by atoms with E-state index in [1.54, 1.807) is 0 Å². The maximum Gasteiger partial charge on any atom is 0.152 e. The topological polar surface area (TPSA) is 17.1 Å². The third-order valence-corrected chi connectivity index (χ3v) is 0.287. The van der Waals surface area contributed by atoms with Crippen LogP contribution in [0.4, 0.5) is 0 Å². The van der Waals surface area contributed by atoms with E-state index in [1.807, 2.05) is 0 Å². The largest absolute Gasteiger partial charge is 0.295 e. The third kappa shape index (κ3) is 8.98. The van der Waals surface area contributed by atoms with Crippen LogP contribution in [0.25, 0.3) is 0 Å². The van der Waals surface area contributed by atoms with Gasteiger partial charge in [-0.25, -0.2) is 0 Å². The fourth-order valence-corrected chi connectivity index (χ4v) is 0. The van der Waals surface area contributed by atoms with Crippen LogP contribution in [0.5, 0.6) is 0 Å². The monoisotopic (exact) mass is 134 g/mol. The van der Waals surface area contributed by atoms with Crippen LogP contribution >= 0.6 is 0 Å². The quantitative estimate of drug-likeness (QED) is 0.383. The molecule has 0 aliphatic rings. The summed E-state index contributed by atoms with van der Waals surface area (Å²) in [5, 5.41) is 0. The van der Waals surface area contributed by atoms with Gasteiger partial charge in [-0.2, -0.15) is 0 Å². The maximum absolute atomic E-state index is 9.69. The summed E-state index contributed by atoms with van der Waals surface area (Å²) >= 11 is 0. The summed E-state index contributed by atoms with van der Waals surface area (Å²) in [4.78, 5) is 9.69. The molecule has 0 spiro atoms. The van der Waals surface area contributed by atoms with E-state index in [0.29, 0.717) is 0 Å². The molecule has 0 rings (SSSR count). The Morgan fingerprint density at radius 2 is 2.00 bits per heavy atom. The molecule has 0 N–H and O–H groups in total. The second-order valence-corrected chi connectivity index (χ2v) is 0.815. The summed E-state index contributed by atoms with van der Waals surface area (Å²) < 4.78 is 0. The predicted octanol–water partition coefficient (Wildman–Crippen LogP) is 0.759. The standard InChI is InChI=1S/C4H6O.Zn/c1-3-4(2)5;/h3H,1H2,2H3;. The van der Waals surface area contributed by atoms with E-state index in [9.17, 15) is 4.79 Å². The van der Waals surface area contributed by atoms with E-state index in [-0.39, 0.29) is 25.3 Å². The molecule has 2 heteroatoms. The molecular formula is C4H6OZn. The van der Waals surface area contributed by atoms with Gasteiger partial charge in [0.15, 0.2) is 5.78 Å². The minimum absolute atomic E-state index is 0. The molecule has 0 amide bonds. The molecule has 0 aromatic heterocycles. The zero-order chi connectivity index (χ0) is 4.28. The SMILES string of the molecule is C=CC(C)=O.[Zn]. The van der Waals surface area contributed by atoms with Gasteiger partial charge < -0.3 is 0 Å². The van der Waals surface area contributed by atoms with Crippen LogP contribution in [0.3, 0.4) is 0 Å². The smallest absolute Gasteiger partial charge is 0.152 e. The van der Waals surface area contributed by atoms with Crippen LogP contribution in [0, 0.1) is 0 Å². The number of carbonyl (C=O) groups is 1. The van der Waals surface area contributed by atoms with Gasteiger partial charge in [-0.1, -0.05) is 6.58 Å². The molecule has 0 aliphatic heterocycles. The fourth-order valence-electron chi connectivity index (χ4n) is 0. The van der Waals surface area contributed by atoms with Crippen molar-refractivity contribution in [3.8, 4) is 0 Å². The first-order valence-electron chi connectivity index (χ1n) is 1.40. The van der Waals surface area contributed by atoms with Crippen LogP contribution in [-0.4, -0.2) is 5.78 Å². The van der Waals surface area contributed by atoms with Crippen molar-refractivity contribution in [3.05, 3.63) is 12.7 Å². The summed E-state index contributed by atoms with van der Waals surface area (Å²) in [7, 11) is 0. The van der Waals surface area contributed by atoms with Crippen molar-refractivity contribution in [1.82, 2.24) is 0 Å². The normalized spacial score (nSPS) is 5.50. The zero-order valence-electron chi connectivity index (χ0n) is 3.90. The molecule has 0 saturated heterocycles. The van der Waals surface area contributed by atoms with Gasteiger partial charge in [-0.3, -0.25) is 4.79 Å². The first kappa shape index (κ1) is 9.40. The van der Waals surface area contributed by atoms with Gasteiger partial charge in [0, 0.05) is 19.5 Å². The molecule has 0 unspecified atom stereocenters. The second-order valence-electron chi connectivity index (χ2n) is 0.815. The molecule has 0 heterocycles. The van der Waals surface area contributed by atoms with Crippen molar-refractivity contribution in [2.24, 2.45) is 0 Å². The van der Waals surface area contributed by atoms with Crippen LogP contribution in [0.2, 0.25) is 0 Å². The number of carbonyl (C=O) groups excluding carboxylic acids is 1. The molecule has 0 bridgehead atoms. The van der Waals surface area contributed by atoms with E-state index in [4.69, 9.17) is 0 Å². The van der Waals surface area contributed by atoms with Crippen molar-refractivity contribution < 1.29 is 24.3 Å². The molecule has 0 aromatic rings. The summed E-state index contributed by atoms with van der Waals surface area (Å²) in [6.07, 6.45) is 1.28. The van der Waals surface area contributed by atoms with E-state index in [2.05, 4.69) is 6.58 Å². The van der Waals surface area contributed by atoms with Gasteiger partial charge in [-0.15, -0.1) is 0 Å². The number of hydrogen-bond acceptors (Lipinski definition) is 1. The van der Waals surface area contributed by atoms with E-state index < -0.39 is 0 Å². The van der Waals surface area contributed by atoms with Crippen LogP contribution in [0.15, 0.2) is 12.7 Å². The average Bonchev–Trinajstić information content (AvgIpc) is 1.38. The Hall–Kier alpha value is 0.0334. The molecule has 0 aromatic carbocycles. The van der Waals surface area contributed by atoms with E-state index >= 15 is 0 Å². The Kier molecular flexibility index (Phi) is 7.88. The van der Waals surface area contributed by atoms with Crippen molar-refractivity contribution in [2.45, 2.75) is 6.92 Å². The van der Waals surface area contributed by atoms with E-state index in [0.717, 1.165) is 0 Å². The number of ketones is 1. The summed E-state index contributed by atoms with van der Waals surface area (Å²) in [6.45, 7) is 4.68. The van der Waals surface area contributed by atoms with Gasteiger partial charge in [0.05, 0.1) is 0 Å². The van der Waals surface area contributed by atoms with Gasteiger partial charge >= 0.3 is 0 Å². The first-order chi connectivity index (χ1) is 2.27. The molecule has 6 heavy (non-hydrogen) atoms. The molecular weight excluding hydrogens is 129 g/mol. The summed E-state index contributed by atoms with van der Waals surface area (Å²) in [5.41, 5.74) is 0. The minimum Gasteiger partial charge on any atom is -0.295 e. The minimum atomic E-state index is 0. The average molecular weight is 135 g/mol. The molecule has 0 fully saturated rings. The fraction of sp³-hybridized carbons (Fsp3) is 0.250.